The second kappa shape index (κ2) is 4.32. The zero-order valence-corrected chi connectivity index (χ0v) is 9.92. The number of hydrogen-bond donors (Lipinski definition) is 1. The monoisotopic (exact) mass is 244 g/mol. The first-order chi connectivity index (χ1) is 7.55. The molecule has 0 aromatic heterocycles. The fourth-order valence-electron chi connectivity index (χ4n) is 2.23. The molecule has 0 bridgehead atoms. The molecule has 2 saturated heterocycles. The Morgan fingerprint density at radius 3 is 2.88 bits per heavy atom. The lowest BCUT2D eigenvalue weighted by atomic mass is 10.0. The third-order valence-electron chi connectivity index (χ3n) is 3.21. The lowest BCUT2D eigenvalue weighted by Gasteiger charge is -2.22. The minimum atomic E-state index is -3.04. The molecule has 0 aliphatic carbocycles. The molecule has 2 aliphatic rings. The molecule has 0 amide bonds. The Morgan fingerprint density at radius 1 is 1.56 bits per heavy atom. The summed E-state index contributed by atoms with van der Waals surface area (Å²) in [4.78, 5) is 0. The molecule has 2 unspecified atom stereocenters. The summed E-state index contributed by atoms with van der Waals surface area (Å²) in [5, 5.41) is 12.2. The van der Waals surface area contributed by atoms with Gasteiger partial charge in [-0.3, -0.25) is 5.32 Å². The Morgan fingerprint density at radius 2 is 2.38 bits per heavy atom. The van der Waals surface area contributed by atoms with E-state index in [1.165, 1.54) is 0 Å². The van der Waals surface area contributed by atoms with E-state index in [9.17, 15) is 8.42 Å². The van der Waals surface area contributed by atoms with E-state index in [0.717, 1.165) is 19.4 Å². The zero-order valence-electron chi connectivity index (χ0n) is 9.11. The second-order valence-electron chi connectivity index (χ2n) is 4.55. The predicted molar refractivity (Wildman–Crippen MR) is 58.6 cm³/mol. The largest absolute Gasteiger partial charge is 0.377 e. The van der Waals surface area contributed by atoms with Gasteiger partial charge in [0.2, 0.25) is 0 Å². The first-order valence-corrected chi connectivity index (χ1v) is 7.36. The van der Waals surface area contributed by atoms with Gasteiger partial charge in [-0.2, -0.15) is 5.26 Å². The summed E-state index contributed by atoms with van der Waals surface area (Å²) in [6.45, 7) is 1.34. The topological polar surface area (TPSA) is 79.2 Å². The highest BCUT2D eigenvalue weighted by atomic mass is 32.2. The van der Waals surface area contributed by atoms with Crippen molar-refractivity contribution >= 4 is 9.84 Å². The number of nitrogens with zero attached hydrogens (tertiary/aromatic N) is 1. The molecule has 0 aromatic rings. The molecule has 2 fully saturated rings. The average Bonchev–Trinajstić information content (AvgIpc) is 2.84. The molecule has 0 spiro atoms. The molecule has 2 heterocycles. The molecular weight excluding hydrogens is 228 g/mol. The van der Waals surface area contributed by atoms with Crippen LogP contribution in [0.5, 0.6) is 0 Å². The number of sulfone groups is 1. The first-order valence-electron chi connectivity index (χ1n) is 5.54. The van der Waals surface area contributed by atoms with E-state index in [2.05, 4.69) is 11.4 Å². The van der Waals surface area contributed by atoms with Gasteiger partial charge in [0.05, 0.1) is 23.7 Å². The Balaban J connectivity index is 1.93. The third kappa shape index (κ3) is 2.54. The Labute approximate surface area is 95.7 Å². The van der Waals surface area contributed by atoms with Gasteiger partial charge in [-0.1, -0.05) is 0 Å². The van der Waals surface area contributed by atoms with Crippen molar-refractivity contribution in [2.45, 2.75) is 30.9 Å². The van der Waals surface area contributed by atoms with Gasteiger partial charge in [0.25, 0.3) is 0 Å². The molecule has 0 aromatic carbocycles. The van der Waals surface area contributed by atoms with Crippen LogP contribution in [0.25, 0.3) is 0 Å². The second-order valence-corrected chi connectivity index (χ2v) is 6.74. The summed E-state index contributed by atoms with van der Waals surface area (Å²) in [6.07, 6.45) is 2.55. The van der Waals surface area contributed by atoms with E-state index >= 15 is 0 Å². The summed E-state index contributed by atoms with van der Waals surface area (Å²) in [5.74, 6) is 0.0440. The van der Waals surface area contributed by atoms with Gasteiger partial charge < -0.3 is 4.74 Å². The molecule has 16 heavy (non-hydrogen) atoms. The SMILES string of the molecule is N#CC1(NCC2CCCO2)CCS(=O)(=O)C1. The molecule has 2 aliphatic heterocycles. The van der Waals surface area contributed by atoms with Crippen LogP contribution in [0.4, 0.5) is 0 Å². The fraction of sp³-hybridized carbons (Fsp3) is 0.900. The van der Waals surface area contributed by atoms with Crippen LogP contribution >= 0.6 is 0 Å². The van der Waals surface area contributed by atoms with Crippen LogP contribution in [0, 0.1) is 11.3 Å². The summed E-state index contributed by atoms with van der Waals surface area (Å²) >= 11 is 0. The van der Waals surface area contributed by atoms with Crippen LogP contribution in [0.3, 0.4) is 0 Å². The van der Waals surface area contributed by atoms with Crippen molar-refractivity contribution in [2.75, 3.05) is 24.7 Å². The summed E-state index contributed by atoms with van der Waals surface area (Å²) in [6, 6.07) is 2.11. The van der Waals surface area contributed by atoms with E-state index in [-0.39, 0.29) is 17.6 Å². The Kier molecular flexibility index (Phi) is 3.19. The average molecular weight is 244 g/mol. The molecule has 1 N–H and O–H groups in total. The zero-order chi connectivity index (χ0) is 11.6. The van der Waals surface area contributed by atoms with E-state index in [1.54, 1.807) is 0 Å². The molecule has 5 nitrogen and oxygen atoms in total. The molecular formula is C10H16N2O3S. The third-order valence-corrected chi connectivity index (χ3v) is 4.97. The van der Waals surface area contributed by atoms with Crippen molar-refractivity contribution in [2.24, 2.45) is 0 Å². The summed E-state index contributed by atoms with van der Waals surface area (Å²) in [5.41, 5.74) is -0.884. The van der Waals surface area contributed by atoms with E-state index in [4.69, 9.17) is 10.00 Å². The maximum Gasteiger partial charge on any atom is 0.153 e. The van der Waals surface area contributed by atoms with Crippen LogP contribution in [-0.4, -0.2) is 44.7 Å². The molecule has 2 atom stereocenters. The van der Waals surface area contributed by atoms with Gasteiger partial charge in [-0.05, 0) is 19.3 Å². The molecule has 0 radical (unpaired) electrons. The number of nitriles is 1. The first kappa shape index (κ1) is 11.8. The Bertz CT molecular complexity index is 395. The van der Waals surface area contributed by atoms with Crippen LogP contribution < -0.4 is 5.32 Å². The number of hydrogen-bond acceptors (Lipinski definition) is 5. The van der Waals surface area contributed by atoms with Crippen LogP contribution in [0.1, 0.15) is 19.3 Å². The van der Waals surface area contributed by atoms with Gasteiger partial charge in [0.15, 0.2) is 9.84 Å². The maximum absolute atomic E-state index is 11.4. The summed E-state index contributed by atoms with van der Waals surface area (Å²) < 4.78 is 28.2. The quantitative estimate of drug-likeness (QED) is 0.746. The van der Waals surface area contributed by atoms with Crippen molar-refractivity contribution in [1.29, 1.82) is 5.26 Å². The lowest BCUT2D eigenvalue weighted by Crippen LogP contribution is -2.48. The number of nitrogens with one attached hydrogen (secondary N) is 1. The van der Waals surface area contributed by atoms with Gasteiger partial charge in [-0.25, -0.2) is 8.42 Å². The molecule has 6 heteroatoms. The van der Waals surface area contributed by atoms with Gasteiger partial charge >= 0.3 is 0 Å². The molecule has 90 valence electrons. The van der Waals surface area contributed by atoms with E-state index in [1.807, 2.05) is 0 Å². The highest BCUT2D eigenvalue weighted by Gasteiger charge is 2.42. The standard InChI is InChI=1S/C10H16N2O3S/c11-7-10(3-5-16(13,14)8-10)12-6-9-2-1-4-15-9/h9,12H,1-6,8H2. The van der Waals surface area contributed by atoms with E-state index < -0.39 is 15.4 Å². The van der Waals surface area contributed by atoms with Crippen LogP contribution in [0.2, 0.25) is 0 Å². The van der Waals surface area contributed by atoms with Crippen LogP contribution in [0.15, 0.2) is 0 Å². The van der Waals surface area contributed by atoms with Gasteiger partial charge in [-0.15, -0.1) is 0 Å². The van der Waals surface area contributed by atoms with Crippen LogP contribution in [-0.2, 0) is 14.6 Å². The van der Waals surface area contributed by atoms with Crippen molar-refractivity contribution < 1.29 is 13.2 Å². The maximum atomic E-state index is 11.4. The smallest absolute Gasteiger partial charge is 0.153 e. The van der Waals surface area contributed by atoms with Crippen molar-refractivity contribution in [3.63, 3.8) is 0 Å². The minimum absolute atomic E-state index is 0.0663. The Hall–Kier alpha value is -0.640. The van der Waals surface area contributed by atoms with Gasteiger partial charge in [0.1, 0.15) is 5.54 Å². The summed E-state index contributed by atoms with van der Waals surface area (Å²) in [7, 11) is -3.04. The highest BCUT2D eigenvalue weighted by molar-refractivity contribution is 7.91. The molecule has 2 rings (SSSR count). The van der Waals surface area contributed by atoms with Crippen molar-refractivity contribution in [1.82, 2.24) is 5.32 Å². The minimum Gasteiger partial charge on any atom is -0.377 e. The predicted octanol–water partition coefficient (Wildman–Crippen LogP) is -0.164. The normalized spacial score (nSPS) is 37.3. The van der Waals surface area contributed by atoms with Gasteiger partial charge in [0, 0.05) is 13.2 Å². The van der Waals surface area contributed by atoms with Crippen molar-refractivity contribution in [3.8, 4) is 6.07 Å². The highest BCUT2D eigenvalue weighted by Crippen LogP contribution is 2.23. The van der Waals surface area contributed by atoms with E-state index in [0.29, 0.717) is 13.0 Å². The fourth-order valence-corrected chi connectivity index (χ4v) is 4.10. The number of rotatable bonds is 3. The lowest BCUT2D eigenvalue weighted by molar-refractivity contribution is 0.105. The molecule has 0 saturated carbocycles. The van der Waals surface area contributed by atoms with Crippen molar-refractivity contribution in [3.05, 3.63) is 0 Å². The number of ether oxygens (including phenoxy) is 1.